The lowest BCUT2D eigenvalue weighted by Gasteiger charge is -2.31. The van der Waals surface area contributed by atoms with Crippen molar-refractivity contribution in [2.75, 3.05) is 36.0 Å². The molecule has 0 bridgehead atoms. The minimum absolute atomic E-state index is 0.229. The summed E-state index contributed by atoms with van der Waals surface area (Å²) in [7, 11) is 0. The number of nitrogens with zero attached hydrogens (tertiary/aromatic N) is 4. The zero-order chi connectivity index (χ0) is 14.9. The molecule has 1 unspecified atom stereocenters. The fourth-order valence-electron chi connectivity index (χ4n) is 4.01. The molecule has 1 aliphatic carbocycles. The highest BCUT2D eigenvalue weighted by Crippen LogP contribution is 2.34. The van der Waals surface area contributed by atoms with E-state index in [0.29, 0.717) is 6.54 Å². The van der Waals surface area contributed by atoms with Crippen molar-refractivity contribution in [3.63, 3.8) is 0 Å². The van der Waals surface area contributed by atoms with Crippen molar-refractivity contribution in [2.45, 2.75) is 31.8 Å². The first-order valence-electron chi connectivity index (χ1n) is 8.45. The van der Waals surface area contributed by atoms with Crippen LogP contribution in [0.3, 0.4) is 0 Å². The van der Waals surface area contributed by atoms with Gasteiger partial charge in [-0.15, -0.1) is 0 Å². The maximum Gasteiger partial charge on any atom is 0.227 e. The summed E-state index contributed by atoms with van der Waals surface area (Å²) >= 11 is 0. The first-order valence-corrected chi connectivity index (χ1v) is 8.45. The normalized spacial score (nSPS) is 31.4. The van der Waals surface area contributed by atoms with Gasteiger partial charge in [-0.05, 0) is 43.6 Å². The minimum atomic E-state index is -0.229. The van der Waals surface area contributed by atoms with E-state index in [-0.39, 0.29) is 6.10 Å². The van der Waals surface area contributed by atoms with Crippen LogP contribution in [0, 0.1) is 11.8 Å². The van der Waals surface area contributed by atoms with Gasteiger partial charge in [0.15, 0.2) is 0 Å². The third kappa shape index (κ3) is 2.70. The van der Waals surface area contributed by atoms with Gasteiger partial charge in [-0.2, -0.15) is 4.98 Å². The van der Waals surface area contributed by atoms with Crippen molar-refractivity contribution in [1.29, 1.82) is 0 Å². The Bertz CT molecular complexity index is 545. The number of aliphatic hydroxyl groups is 1. The van der Waals surface area contributed by atoms with Crippen LogP contribution < -0.4 is 9.80 Å². The summed E-state index contributed by atoms with van der Waals surface area (Å²) < 4.78 is 0. The quantitative estimate of drug-likeness (QED) is 0.845. The molecular weight excluding hydrogens is 276 g/mol. The van der Waals surface area contributed by atoms with Gasteiger partial charge in [-0.3, -0.25) is 0 Å². The standard InChI is InChI=1S/C17H24N4O/c22-15-6-3-9-20(12-15)16-7-8-18-17(19-16)21-10-13-4-1-2-5-14(13)11-21/h1-2,7-8,13-15,22H,3-6,9-12H2/t13-,14+,15?. The summed E-state index contributed by atoms with van der Waals surface area (Å²) in [5.74, 6) is 3.33. The van der Waals surface area contributed by atoms with Gasteiger partial charge in [0.2, 0.25) is 5.95 Å². The topological polar surface area (TPSA) is 52.5 Å². The van der Waals surface area contributed by atoms with Crippen LogP contribution in [0.25, 0.3) is 0 Å². The van der Waals surface area contributed by atoms with Gasteiger partial charge in [0.05, 0.1) is 6.10 Å². The number of piperidine rings is 1. The van der Waals surface area contributed by atoms with E-state index >= 15 is 0 Å². The lowest BCUT2D eigenvalue weighted by atomic mass is 9.86. The van der Waals surface area contributed by atoms with Crippen molar-refractivity contribution in [3.8, 4) is 0 Å². The van der Waals surface area contributed by atoms with E-state index in [1.54, 1.807) is 0 Å². The van der Waals surface area contributed by atoms with Gasteiger partial charge in [-0.1, -0.05) is 12.2 Å². The van der Waals surface area contributed by atoms with Crippen molar-refractivity contribution < 1.29 is 5.11 Å². The Hall–Kier alpha value is -1.62. The summed E-state index contributed by atoms with van der Waals surface area (Å²) in [6.07, 6.45) is 10.6. The van der Waals surface area contributed by atoms with Crippen molar-refractivity contribution in [3.05, 3.63) is 24.4 Å². The monoisotopic (exact) mass is 300 g/mol. The molecule has 118 valence electrons. The van der Waals surface area contributed by atoms with Gasteiger partial charge >= 0.3 is 0 Å². The molecule has 5 nitrogen and oxygen atoms in total. The number of fused-ring (bicyclic) bond motifs is 1. The Morgan fingerprint density at radius 2 is 1.82 bits per heavy atom. The summed E-state index contributed by atoms with van der Waals surface area (Å²) in [6.45, 7) is 3.80. The average Bonchev–Trinajstić information content (AvgIpc) is 2.99. The molecule has 1 N–H and O–H groups in total. The molecule has 2 fully saturated rings. The fraction of sp³-hybridized carbons (Fsp3) is 0.647. The molecule has 0 aromatic carbocycles. The molecule has 0 saturated carbocycles. The number of hydrogen-bond acceptors (Lipinski definition) is 5. The van der Waals surface area contributed by atoms with Crippen LogP contribution >= 0.6 is 0 Å². The van der Waals surface area contributed by atoms with Gasteiger partial charge < -0.3 is 14.9 Å². The van der Waals surface area contributed by atoms with E-state index in [4.69, 9.17) is 4.98 Å². The fourth-order valence-corrected chi connectivity index (χ4v) is 4.01. The van der Waals surface area contributed by atoms with E-state index in [0.717, 1.165) is 56.1 Å². The maximum absolute atomic E-state index is 9.86. The molecule has 3 aliphatic rings. The predicted octanol–water partition coefficient (Wildman–Crippen LogP) is 1.84. The van der Waals surface area contributed by atoms with E-state index in [1.807, 2.05) is 12.3 Å². The molecule has 0 amide bonds. The third-order valence-electron chi connectivity index (χ3n) is 5.25. The van der Waals surface area contributed by atoms with Crippen LogP contribution in [0.2, 0.25) is 0 Å². The molecule has 2 aliphatic heterocycles. The number of aromatic nitrogens is 2. The summed E-state index contributed by atoms with van der Waals surface area (Å²) in [5, 5.41) is 9.86. The smallest absolute Gasteiger partial charge is 0.227 e. The van der Waals surface area contributed by atoms with Gasteiger partial charge in [-0.25, -0.2) is 4.98 Å². The molecule has 3 heterocycles. The Balaban J connectivity index is 1.50. The SMILES string of the molecule is OC1CCCN(c2ccnc(N3C[C@H]4CC=CC[C@H]4C3)n2)C1. The molecule has 1 aromatic rings. The highest BCUT2D eigenvalue weighted by molar-refractivity contribution is 5.45. The van der Waals surface area contributed by atoms with Crippen molar-refractivity contribution >= 4 is 11.8 Å². The Labute approximate surface area is 131 Å². The lowest BCUT2D eigenvalue weighted by molar-refractivity contribution is 0.154. The third-order valence-corrected chi connectivity index (χ3v) is 5.25. The van der Waals surface area contributed by atoms with Crippen molar-refractivity contribution in [2.24, 2.45) is 11.8 Å². The van der Waals surface area contributed by atoms with E-state index in [1.165, 1.54) is 12.8 Å². The first kappa shape index (κ1) is 14.0. The minimum Gasteiger partial charge on any atom is -0.391 e. The molecule has 2 saturated heterocycles. The molecular formula is C17H24N4O. The summed E-state index contributed by atoms with van der Waals surface area (Å²) in [5.41, 5.74) is 0. The zero-order valence-corrected chi connectivity index (χ0v) is 12.9. The van der Waals surface area contributed by atoms with Crippen LogP contribution in [-0.2, 0) is 0 Å². The summed E-state index contributed by atoms with van der Waals surface area (Å²) in [6, 6.07) is 1.96. The predicted molar refractivity (Wildman–Crippen MR) is 87.1 cm³/mol. The van der Waals surface area contributed by atoms with Gasteiger partial charge in [0.1, 0.15) is 5.82 Å². The van der Waals surface area contributed by atoms with Crippen LogP contribution in [-0.4, -0.2) is 47.4 Å². The molecule has 1 aromatic heterocycles. The first-order chi connectivity index (χ1) is 10.8. The van der Waals surface area contributed by atoms with E-state index in [9.17, 15) is 5.11 Å². The number of β-amino-alcohol motifs (C(OH)–C–C–N with tert-alkyl or cyclic N) is 1. The summed E-state index contributed by atoms with van der Waals surface area (Å²) in [4.78, 5) is 13.8. The Kier molecular flexibility index (Phi) is 3.74. The molecule has 3 atom stereocenters. The molecule has 5 heteroatoms. The number of allylic oxidation sites excluding steroid dienone is 2. The van der Waals surface area contributed by atoms with Crippen LogP contribution in [0.1, 0.15) is 25.7 Å². The Morgan fingerprint density at radius 3 is 2.55 bits per heavy atom. The number of anilines is 2. The Morgan fingerprint density at radius 1 is 1.05 bits per heavy atom. The van der Waals surface area contributed by atoms with Crippen LogP contribution in [0.4, 0.5) is 11.8 Å². The molecule has 0 spiro atoms. The number of aliphatic hydroxyl groups excluding tert-OH is 1. The molecule has 22 heavy (non-hydrogen) atoms. The molecule has 4 rings (SSSR count). The van der Waals surface area contributed by atoms with Gasteiger partial charge in [0, 0.05) is 32.4 Å². The molecule has 0 radical (unpaired) electrons. The second kappa shape index (κ2) is 5.88. The van der Waals surface area contributed by atoms with Crippen LogP contribution in [0.5, 0.6) is 0 Å². The highest BCUT2D eigenvalue weighted by Gasteiger charge is 2.34. The second-order valence-electron chi connectivity index (χ2n) is 6.82. The highest BCUT2D eigenvalue weighted by atomic mass is 16.3. The van der Waals surface area contributed by atoms with Crippen LogP contribution in [0.15, 0.2) is 24.4 Å². The lowest BCUT2D eigenvalue weighted by Crippen LogP contribution is -2.39. The van der Waals surface area contributed by atoms with E-state index < -0.39 is 0 Å². The largest absolute Gasteiger partial charge is 0.391 e. The zero-order valence-electron chi connectivity index (χ0n) is 12.9. The second-order valence-corrected chi connectivity index (χ2v) is 6.82. The maximum atomic E-state index is 9.86. The number of hydrogen-bond donors (Lipinski definition) is 1. The van der Waals surface area contributed by atoms with E-state index in [2.05, 4.69) is 26.9 Å². The number of rotatable bonds is 2. The average molecular weight is 300 g/mol. The van der Waals surface area contributed by atoms with Gasteiger partial charge in [0.25, 0.3) is 0 Å². The van der Waals surface area contributed by atoms with Crippen molar-refractivity contribution in [1.82, 2.24) is 9.97 Å².